The Labute approximate surface area is 226 Å². The number of halogens is 4. The lowest BCUT2D eigenvalue weighted by Crippen LogP contribution is -2.44. The van der Waals surface area contributed by atoms with Crippen LogP contribution in [-0.2, 0) is 21.1 Å². The van der Waals surface area contributed by atoms with Crippen molar-refractivity contribution in [2.24, 2.45) is 5.92 Å². The van der Waals surface area contributed by atoms with Crippen molar-refractivity contribution in [1.29, 1.82) is 0 Å². The molecule has 38 heavy (non-hydrogen) atoms. The summed E-state index contributed by atoms with van der Waals surface area (Å²) in [5.74, 6) is -1.82. The van der Waals surface area contributed by atoms with E-state index in [1.165, 1.54) is 24.3 Å². The van der Waals surface area contributed by atoms with Crippen LogP contribution in [0.15, 0.2) is 48.8 Å². The normalized spacial score (nSPS) is 16.4. The topological polar surface area (TPSA) is 92.3 Å². The maximum atomic E-state index is 14.1. The molecule has 1 amide bonds. The number of hydrogen-bond donors (Lipinski definition) is 1. The second-order valence-electron chi connectivity index (χ2n) is 9.34. The van der Waals surface area contributed by atoms with Gasteiger partial charge < -0.3 is 10.2 Å². The van der Waals surface area contributed by atoms with Crippen LogP contribution in [0.2, 0.25) is 0 Å². The monoisotopic (exact) mass is 570 g/mol. The van der Waals surface area contributed by atoms with Gasteiger partial charge in [-0.3, -0.25) is 14.8 Å². The molecule has 3 aromatic rings. The highest BCUT2D eigenvalue weighted by atomic mass is 35.5. The highest BCUT2D eigenvalue weighted by molar-refractivity contribution is 7.91. The maximum Gasteiger partial charge on any atom is 0.413 e. The van der Waals surface area contributed by atoms with Crippen molar-refractivity contribution in [3.63, 3.8) is 0 Å². The number of carbonyl (C=O) groups excluding carboxylic acids is 1. The van der Waals surface area contributed by atoms with Crippen LogP contribution >= 0.6 is 12.4 Å². The van der Waals surface area contributed by atoms with Crippen molar-refractivity contribution in [3.05, 3.63) is 59.9 Å². The van der Waals surface area contributed by atoms with Crippen molar-refractivity contribution in [1.82, 2.24) is 14.9 Å². The van der Waals surface area contributed by atoms with E-state index in [2.05, 4.69) is 22.2 Å². The Morgan fingerprint density at radius 2 is 1.79 bits per heavy atom. The molecule has 1 saturated heterocycles. The summed E-state index contributed by atoms with van der Waals surface area (Å²) in [4.78, 5) is 22.5. The first-order valence-electron chi connectivity index (χ1n) is 12.1. The SMILES string of the molecule is CCCc1c(Nc2ccc([C@H](N(C)C(=O)C3CCS(=O)(=O)CC3)C(F)(F)F)cc2)cnc2cccnc12.Cl. The maximum absolute atomic E-state index is 14.1. The van der Waals surface area contributed by atoms with Gasteiger partial charge in [0.05, 0.1) is 34.4 Å². The summed E-state index contributed by atoms with van der Waals surface area (Å²) >= 11 is 0. The lowest BCUT2D eigenvalue weighted by molar-refractivity contribution is -0.190. The minimum Gasteiger partial charge on any atom is -0.354 e. The molecule has 7 nitrogen and oxygen atoms in total. The molecule has 1 N–H and O–H groups in total. The van der Waals surface area contributed by atoms with E-state index in [0.29, 0.717) is 10.6 Å². The van der Waals surface area contributed by atoms with Crippen molar-refractivity contribution in [2.75, 3.05) is 23.9 Å². The van der Waals surface area contributed by atoms with Crippen molar-refractivity contribution < 1.29 is 26.4 Å². The zero-order chi connectivity index (χ0) is 26.8. The van der Waals surface area contributed by atoms with E-state index >= 15 is 0 Å². The number of hydrogen-bond acceptors (Lipinski definition) is 6. The fourth-order valence-corrected chi connectivity index (χ4v) is 6.26. The molecule has 0 radical (unpaired) electrons. The summed E-state index contributed by atoms with van der Waals surface area (Å²) in [6.07, 6.45) is 0.386. The number of rotatable bonds is 7. The first kappa shape index (κ1) is 29.6. The second-order valence-corrected chi connectivity index (χ2v) is 11.6. The van der Waals surface area contributed by atoms with E-state index in [4.69, 9.17) is 0 Å². The average molecular weight is 571 g/mol. The number of fused-ring (bicyclic) bond motifs is 1. The highest BCUT2D eigenvalue weighted by Crippen LogP contribution is 2.39. The standard InChI is InChI=1S/C26H29F3N4O3S.ClH/c1-3-5-20-22(16-31-21-6-4-13-30-23(20)21)32-19-9-7-17(8-10-19)24(26(27,28)29)33(2)25(34)18-11-14-37(35,36)15-12-18;/h4,6-10,13,16,18,24,32H,3,5,11-12,14-15H2,1-2H3;1H/t24-;/m0./s1. The predicted molar refractivity (Wildman–Crippen MR) is 143 cm³/mol. The fraction of sp³-hybridized carbons (Fsp3) is 0.423. The van der Waals surface area contributed by atoms with E-state index in [1.54, 1.807) is 12.4 Å². The molecule has 12 heteroatoms. The minimum atomic E-state index is -4.71. The van der Waals surface area contributed by atoms with E-state index < -0.39 is 33.9 Å². The third-order valence-corrected chi connectivity index (χ3v) is 8.40. The Kier molecular flexibility index (Phi) is 9.25. The fourth-order valence-electron chi connectivity index (χ4n) is 4.77. The number of anilines is 2. The first-order valence-corrected chi connectivity index (χ1v) is 14.0. The Bertz CT molecular complexity index is 1370. The summed E-state index contributed by atoms with van der Waals surface area (Å²) in [6.45, 7) is 2.05. The number of carbonyl (C=O) groups is 1. The van der Waals surface area contributed by atoms with Gasteiger partial charge in [-0.2, -0.15) is 13.2 Å². The Balaban J connectivity index is 0.00000400. The molecule has 1 fully saturated rings. The van der Waals surface area contributed by atoms with Crippen LogP contribution in [0.1, 0.15) is 43.4 Å². The van der Waals surface area contributed by atoms with Gasteiger partial charge in [-0.1, -0.05) is 25.5 Å². The van der Waals surface area contributed by atoms with Crippen molar-refractivity contribution >= 4 is 50.6 Å². The van der Waals surface area contributed by atoms with Crippen molar-refractivity contribution in [2.45, 2.75) is 44.8 Å². The Morgan fingerprint density at radius 1 is 1.13 bits per heavy atom. The number of sulfone groups is 1. The number of nitrogens with one attached hydrogen (secondary N) is 1. The van der Waals surface area contributed by atoms with Crippen LogP contribution in [0.25, 0.3) is 11.0 Å². The summed E-state index contributed by atoms with van der Waals surface area (Å²) < 4.78 is 65.7. The third kappa shape index (κ3) is 6.55. The summed E-state index contributed by atoms with van der Waals surface area (Å²) in [5, 5.41) is 3.24. The third-order valence-electron chi connectivity index (χ3n) is 6.68. The lowest BCUT2D eigenvalue weighted by Gasteiger charge is -2.34. The zero-order valence-electron chi connectivity index (χ0n) is 21.0. The molecule has 4 rings (SSSR count). The number of alkyl halides is 3. The minimum absolute atomic E-state index is 0. The number of benzene rings is 1. The summed E-state index contributed by atoms with van der Waals surface area (Å²) in [6, 6.07) is 7.32. The average Bonchev–Trinajstić information content (AvgIpc) is 2.85. The molecule has 0 unspecified atom stereocenters. The van der Waals surface area contributed by atoms with Gasteiger partial charge in [-0.15, -0.1) is 12.4 Å². The van der Waals surface area contributed by atoms with Gasteiger partial charge in [0.2, 0.25) is 5.91 Å². The molecule has 1 atom stereocenters. The smallest absolute Gasteiger partial charge is 0.354 e. The molecule has 0 spiro atoms. The quantitative estimate of drug-likeness (QED) is 0.395. The molecule has 3 heterocycles. The van der Waals surface area contributed by atoms with Crippen LogP contribution in [0.4, 0.5) is 24.5 Å². The predicted octanol–water partition coefficient (Wildman–Crippen LogP) is 5.63. The Hall–Kier alpha value is -2.92. The van der Waals surface area contributed by atoms with Crippen LogP contribution in [0.5, 0.6) is 0 Å². The first-order chi connectivity index (χ1) is 17.5. The summed E-state index contributed by atoms with van der Waals surface area (Å²) in [7, 11) is -2.11. The van der Waals surface area contributed by atoms with Gasteiger partial charge in [0.15, 0.2) is 6.04 Å². The number of nitrogens with zero attached hydrogens (tertiary/aromatic N) is 3. The number of aryl methyl sites for hydroxylation is 1. The van der Waals surface area contributed by atoms with Gasteiger partial charge in [0, 0.05) is 30.4 Å². The largest absolute Gasteiger partial charge is 0.413 e. The Morgan fingerprint density at radius 3 is 2.39 bits per heavy atom. The number of amides is 1. The molecule has 1 aromatic carbocycles. The number of aromatic nitrogens is 2. The molecule has 2 aromatic heterocycles. The zero-order valence-corrected chi connectivity index (χ0v) is 22.7. The van der Waals surface area contributed by atoms with E-state index in [1.807, 2.05) is 12.1 Å². The number of pyridine rings is 2. The summed E-state index contributed by atoms with van der Waals surface area (Å²) in [5.41, 5.74) is 3.75. The van der Waals surface area contributed by atoms with Crippen LogP contribution in [0, 0.1) is 5.92 Å². The molecule has 0 aliphatic carbocycles. The molecular weight excluding hydrogens is 541 g/mol. The van der Waals surface area contributed by atoms with Gasteiger partial charge >= 0.3 is 6.18 Å². The van der Waals surface area contributed by atoms with Gasteiger partial charge in [0.25, 0.3) is 0 Å². The van der Waals surface area contributed by atoms with Crippen LogP contribution in [0.3, 0.4) is 0 Å². The van der Waals surface area contributed by atoms with E-state index in [-0.39, 0.29) is 42.3 Å². The lowest BCUT2D eigenvalue weighted by atomic mass is 9.98. The second kappa shape index (κ2) is 11.9. The van der Waals surface area contributed by atoms with Gasteiger partial charge in [-0.05, 0) is 49.1 Å². The molecule has 1 aliphatic rings. The van der Waals surface area contributed by atoms with E-state index in [9.17, 15) is 26.4 Å². The molecular formula is C26H30ClF3N4O3S. The van der Waals surface area contributed by atoms with E-state index in [0.717, 1.165) is 42.2 Å². The van der Waals surface area contributed by atoms with Crippen molar-refractivity contribution in [3.8, 4) is 0 Å². The van der Waals surface area contributed by atoms with Gasteiger partial charge in [-0.25, -0.2) is 8.42 Å². The van der Waals surface area contributed by atoms with Gasteiger partial charge in [0.1, 0.15) is 9.84 Å². The molecule has 1 aliphatic heterocycles. The molecule has 0 saturated carbocycles. The highest BCUT2D eigenvalue weighted by Gasteiger charge is 2.46. The molecule has 206 valence electrons. The van der Waals surface area contributed by atoms with Crippen LogP contribution < -0.4 is 5.32 Å². The van der Waals surface area contributed by atoms with Crippen LogP contribution in [-0.4, -0.2) is 53.9 Å². The molecule has 0 bridgehead atoms.